The number of nitrogens with one attached hydrogen (secondary N) is 2. The number of carbonyl (C=O) groups excluding carboxylic acids is 2. The molecule has 1 saturated carbocycles. The molecule has 2 heterocycles. The number of hydrogen-bond acceptors (Lipinski definition) is 3. The Bertz CT molecular complexity index is 842. The maximum Gasteiger partial charge on any atom is 0.434 e. The number of aromatic nitrogens is 1. The van der Waals surface area contributed by atoms with Crippen molar-refractivity contribution >= 4 is 35.1 Å². The number of rotatable bonds is 3. The average Bonchev–Trinajstić information content (AvgIpc) is 2.70. The largest absolute Gasteiger partial charge is 0.434 e. The Kier molecular flexibility index (Phi) is 7.20. The van der Waals surface area contributed by atoms with Gasteiger partial charge in [-0.3, -0.25) is 4.79 Å². The molecule has 1 aliphatic carbocycles. The second-order valence-corrected chi connectivity index (χ2v) is 8.72. The summed E-state index contributed by atoms with van der Waals surface area (Å²) in [6, 6.07) is 0.0464. The highest BCUT2D eigenvalue weighted by atomic mass is 35.5. The fourth-order valence-electron chi connectivity index (χ4n) is 3.95. The Morgan fingerprint density at radius 1 is 1.35 bits per heavy atom. The summed E-state index contributed by atoms with van der Waals surface area (Å²) in [6.07, 6.45) is -5.45. The molecule has 0 spiro atoms. The lowest BCUT2D eigenvalue weighted by Gasteiger charge is -2.38. The van der Waals surface area contributed by atoms with Crippen LogP contribution >= 0.6 is 23.2 Å². The predicted molar refractivity (Wildman–Crippen MR) is 107 cm³/mol. The van der Waals surface area contributed by atoms with Crippen LogP contribution < -0.4 is 10.6 Å². The van der Waals surface area contributed by atoms with E-state index in [1.165, 1.54) is 11.0 Å². The molecular weight excluding hydrogens is 463 g/mol. The second-order valence-electron chi connectivity index (χ2n) is 7.76. The first kappa shape index (κ1) is 23.8. The van der Waals surface area contributed by atoms with E-state index in [9.17, 15) is 27.2 Å². The highest BCUT2D eigenvalue weighted by molar-refractivity contribution is 6.31. The van der Waals surface area contributed by atoms with Crippen LogP contribution in [0.25, 0.3) is 0 Å². The number of carbonyl (C=O) groups is 2. The zero-order valence-corrected chi connectivity index (χ0v) is 18.1. The molecule has 0 bridgehead atoms. The lowest BCUT2D eigenvalue weighted by Crippen LogP contribution is -2.59. The summed E-state index contributed by atoms with van der Waals surface area (Å²) in [4.78, 5) is 29.8. The summed E-state index contributed by atoms with van der Waals surface area (Å²) in [5, 5.41) is 3.95. The standard InChI is InChI=1S/C19H22Cl2F4N4O2/c1-9-17(30)26-6-7-29(9)18(31)28-15(10-2-4-13(22)12(21)8-10)14-5-3-11(20)16(27-14)19(23,24)25/h3,5,9-10,12-13,15H,2,4,6-8H2,1H3,(H,26,30)(H,28,31). The average molecular weight is 485 g/mol. The summed E-state index contributed by atoms with van der Waals surface area (Å²) in [5.41, 5.74) is -1.32. The molecule has 0 radical (unpaired) electrons. The maximum absolute atomic E-state index is 13.9. The normalized spacial score (nSPS) is 28.1. The molecule has 6 nitrogen and oxygen atoms in total. The summed E-state index contributed by atoms with van der Waals surface area (Å²) in [5.74, 6) is -0.775. The van der Waals surface area contributed by atoms with E-state index in [4.69, 9.17) is 23.2 Å². The highest BCUT2D eigenvalue weighted by Gasteiger charge is 2.40. The fraction of sp³-hybridized carbons (Fsp3) is 0.632. The topological polar surface area (TPSA) is 74.3 Å². The molecule has 172 valence electrons. The van der Waals surface area contributed by atoms with Crippen LogP contribution in [0.5, 0.6) is 0 Å². The van der Waals surface area contributed by atoms with E-state index in [2.05, 4.69) is 15.6 Å². The number of alkyl halides is 5. The number of hydrogen-bond donors (Lipinski definition) is 2. The van der Waals surface area contributed by atoms with Gasteiger partial charge in [-0.25, -0.2) is 14.2 Å². The summed E-state index contributed by atoms with van der Waals surface area (Å²) in [6.45, 7) is 2.05. The van der Waals surface area contributed by atoms with Crippen molar-refractivity contribution in [3.8, 4) is 0 Å². The molecule has 1 saturated heterocycles. The lowest BCUT2D eigenvalue weighted by atomic mass is 9.81. The monoisotopic (exact) mass is 484 g/mol. The van der Waals surface area contributed by atoms with Gasteiger partial charge in [-0.1, -0.05) is 11.6 Å². The van der Waals surface area contributed by atoms with Crippen molar-refractivity contribution in [2.45, 2.75) is 56.0 Å². The van der Waals surface area contributed by atoms with Gasteiger partial charge in [0.05, 0.1) is 22.1 Å². The van der Waals surface area contributed by atoms with Crippen molar-refractivity contribution in [1.29, 1.82) is 0 Å². The van der Waals surface area contributed by atoms with Gasteiger partial charge in [0, 0.05) is 13.1 Å². The van der Waals surface area contributed by atoms with E-state index >= 15 is 0 Å². The number of nitrogens with zero attached hydrogens (tertiary/aromatic N) is 2. The van der Waals surface area contributed by atoms with Gasteiger partial charge in [-0.05, 0) is 44.2 Å². The van der Waals surface area contributed by atoms with Crippen molar-refractivity contribution in [1.82, 2.24) is 20.5 Å². The lowest BCUT2D eigenvalue weighted by molar-refractivity contribution is -0.141. The molecule has 31 heavy (non-hydrogen) atoms. The van der Waals surface area contributed by atoms with Crippen molar-refractivity contribution in [3.63, 3.8) is 0 Å². The van der Waals surface area contributed by atoms with Crippen LogP contribution in [-0.4, -0.2) is 52.5 Å². The van der Waals surface area contributed by atoms with Gasteiger partial charge >= 0.3 is 12.2 Å². The molecule has 1 aliphatic heterocycles. The Labute approximate surface area is 186 Å². The van der Waals surface area contributed by atoms with Crippen LogP contribution in [0.3, 0.4) is 0 Å². The van der Waals surface area contributed by atoms with Crippen LogP contribution in [0, 0.1) is 5.92 Å². The predicted octanol–water partition coefficient (Wildman–Crippen LogP) is 4.07. The zero-order chi connectivity index (χ0) is 22.9. The number of pyridine rings is 1. The second kappa shape index (κ2) is 9.36. The first-order valence-corrected chi connectivity index (χ1v) is 10.7. The van der Waals surface area contributed by atoms with E-state index in [1.54, 1.807) is 6.92 Å². The van der Waals surface area contributed by atoms with Gasteiger partial charge in [-0.15, -0.1) is 11.6 Å². The molecule has 1 aromatic heterocycles. The third-order valence-corrected chi connectivity index (χ3v) is 6.46. The van der Waals surface area contributed by atoms with Gasteiger partial charge in [0.1, 0.15) is 12.2 Å². The molecule has 5 unspecified atom stereocenters. The fourth-order valence-corrected chi connectivity index (χ4v) is 4.52. The van der Waals surface area contributed by atoms with E-state index in [0.29, 0.717) is 6.42 Å². The summed E-state index contributed by atoms with van der Waals surface area (Å²) < 4.78 is 53.9. The van der Waals surface area contributed by atoms with E-state index in [-0.39, 0.29) is 37.5 Å². The van der Waals surface area contributed by atoms with Crippen LogP contribution in [0.4, 0.5) is 22.4 Å². The Hall–Kier alpha value is -1.81. The van der Waals surface area contributed by atoms with Crippen molar-refractivity contribution in [2.24, 2.45) is 5.92 Å². The molecule has 12 heteroatoms. The van der Waals surface area contributed by atoms with E-state index < -0.39 is 52.5 Å². The summed E-state index contributed by atoms with van der Waals surface area (Å²) in [7, 11) is 0. The van der Waals surface area contributed by atoms with Gasteiger partial charge in [0.2, 0.25) is 5.91 Å². The van der Waals surface area contributed by atoms with Crippen molar-refractivity contribution in [2.75, 3.05) is 13.1 Å². The molecule has 5 atom stereocenters. The molecule has 2 fully saturated rings. The molecule has 1 aromatic rings. The first-order chi connectivity index (χ1) is 14.5. The van der Waals surface area contributed by atoms with Gasteiger partial charge in [0.25, 0.3) is 0 Å². The van der Waals surface area contributed by atoms with E-state index in [1.807, 2.05) is 0 Å². The number of piperazine rings is 1. The van der Waals surface area contributed by atoms with Gasteiger partial charge < -0.3 is 15.5 Å². The Morgan fingerprint density at radius 3 is 2.71 bits per heavy atom. The Morgan fingerprint density at radius 2 is 2.06 bits per heavy atom. The quantitative estimate of drug-likeness (QED) is 0.501. The van der Waals surface area contributed by atoms with Crippen LogP contribution in [0.2, 0.25) is 5.02 Å². The number of amides is 3. The number of urea groups is 1. The minimum atomic E-state index is -4.78. The molecule has 3 rings (SSSR count). The third-order valence-electron chi connectivity index (χ3n) is 5.70. The molecule has 2 aliphatic rings. The van der Waals surface area contributed by atoms with Crippen molar-refractivity contribution < 1.29 is 27.2 Å². The van der Waals surface area contributed by atoms with Gasteiger partial charge in [0.15, 0.2) is 5.69 Å². The minimum Gasteiger partial charge on any atom is -0.353 e. The summed E-state index contributed by atoms with van der Waals surface area (Å²) >= 11 is 11.8. The molecule has 2 N–H and O–H groups in total. The minimum absolute atomic E-state index is 0.0506. The van der Waals surface area contributed by atoms with Crippen LogP contribution in [-0.2, 0) is 11.0 Å². The maximum atomic E-state index is 13.9. The van der Waals surface area contributed by atoms with E-state index in [0.717, 1.165) is 6.07 Å². The smallest absolute Gasteiger partial charge is 0.353 e. The first-order valence-electron chi connectivity index (χ1n) is 9.85. The zero-order valence-electron chi connectivity index (χ0n) is 16.6. The SMILES string of the molecule is CC1C(=O)NCCN1C(=O)NC(c1ccc(Cl)c(C(F)(F)F)n1)C1CCC(F)C(Cl)C1. The number of halogens is 6. The Balaban J connectivity index is 1.92. The molecule has 3 amide bonds. The van der Waals surface area contributed by atoms with Gasteiger partial charge in [-0.2, -0.15) is 13.2 Å². The molecule has 0 aromatic carbocycles. The van der Waals surface area contributed by atoms with Crippen LogP contribution in [0.15, 0.2) is 12.1 Å². The highest BCUT2D eigenvalue weighted by Crippen LogP contribution is 2.39. The van der Waals surface area contributed by atoms with Crippen molar-refractivity contribution in [3.05, 3.63) is 28.5 Å². The third kappa shape index (κ3) is 5.34. The van der Waals surface area contributed by atoms with Crippen LogP contribution in [0.1, 0.15) is 43.6 Å². The molecular formula is C19H22Cl2F4N4O2.